The van der Waals surface area contributed by atoms with Crippen molar-refractivity contribution in [2.45, 2.75) is 20.1 Å². The van der Waals surface area contributed by atoms with Crippen LogP contribution < -0.4 is 10.3 Å². The Hall–Kier alpha value is -3.07. The molecule has 0 amide bonds. The van der Waals surface area contributed by atoms with Crippen molar-refractivity contribution in [3.05, 3.63) is 86.0 Å². The van der Waals surface area contributed by atoms with Gasteiger partial charge in [-0.05, 0) is 52.7 Å². The van der Waals surface area contributed by atoms with Gasteiger partial charge in [0, 0.05) is 17.0 Å². The maximum absolute atomic E-state index is 13.8. The number of nitrogens with one attached hydrogen (secondary N) is 1. The Bertz CT molecular complexity index is 1270. The average Bonchev–Trinajstić information content (AvgIpc) is 3.16. The number of hydrogen-bond acceptors (Lipinski definition) is 4. The molecule has 2 aromatic carbocycles. The van der Waals surface area contributed by atoms with Gasteiger partial charge in [-0.3, -0.25) is 14.5 Å². The summed E-state index contributed by atoms with van der Waals surface area (Å²) in [6.07, 6.45) is 1.72. The molecule has 0 bridgehead atoms. The summed E-state index contributed by atoms with van der Waals surface area (Å²) in [6.45, 7) is 1.83. The van der Waals surface area contributed by atoms with Crippen molar-refractivity contribution in [3.63, 3.8) is 0 Å². The van der Waals surface area contributed by atoms with Crippen LogP contribution in [-0.4, -0.2) is 19.7 Å². The zero-order chi connectivity index (χ0) is 20.5. The summed E-state index contributed by atoms with van der Waals surface area (Å²) in [4.78, 5) is 17.1. The van der Waals surface area contributed by atoms with Crippen LogP contribution in [0, 0.1) is 18.6 Å². The van der Waals surface area contributed by atoms with Crippen LogP contribution in [-0.2, 0) is 13.2 Å². The highest BCUT2D eigenvalue weighted by atomic mass is 79.9. The largest absolute Gasteiger partial charge is 0.472 e. The summed E-state index contributed by atoms with van der Waals surface area (Å²) in [7, 11) is 0. The lowest BCUT2D eigenvalue weighted by Crippen LogP contribution is -2.25. The molecule has 0 atom stereocenters. The van der Waals surface area contributed by atoms with Gasteiger partial charge in [0.1, 0.15) is 28.5 Å². The van der Waals surface area contributed by atoms with Crippen molar-refractivity contribution in [2.75, 3.05) is 0 Å². The van der Waals surface area contributed by atoms with E-state index in [9.17, 15) is 13.6 Å². The van der Waals surface area contributed by atoms with Gasteiger partial charge >= 0.3 is 0 Å². The number of benzene rings is 2. The van der Waals surface area contributed by atoms with E-state index < -0.39 is 11.6 Å². The van der Waals surface area contributed by atoms with Crippen molar-refractivity contribution < 1.29 is 13.5 Å². The predicted molar refractivity (Wildman–Crippen MR) is 107 cm³/mol. The molecule has 0 aliphatic carbocycles. The Labute approximate surface area is 172 Å². The van der Waals surface area contributed by atoms with Crippen molar-refractivity contribution in [3.8, 4) is 5.88 Å². The van der Waals surface area contributed by atoms with Crippen molar-refractivity contribution in [1.29, 1.82) is 0 Å². The smallest absolute Gasteiger partial charge is 0.272 e. The van der Waals surface area contributed by atoms with Gasteiger partial charge in [-0.25, -0.2) is 8.78 Å². The summed E-state index contributed by atoms with van der Waals surface area (Å²) in [5.74, 6) is -0.892. The van der Waals surface area contributed by atoms with Crippen LogP contribution in [0.5, 0.6) is 5.88 Å². The molecule has 148 valence electrons. The normalized spacial score (nSPS) is 11.2. The van der Waals surface area contributed by atoms with Gasteiger partial charge in [-0.2, -0.15) is 10.1 Å². The number of aromatic amines is 1. The van der Waals surface area contributed by atoms with E-state index in [1.807, 2.05) is 18.2 Å². The zero-order valence-electron chi connectivity index (χ0n) is 15.2. The van der Waals surface area contributed by atoms with Gasteiger partial charge in [0.15, 0.2) is 0 Å². The van der Waals surface area contributed by atoms with Gasteiger partial charge in [-0.1, -0.05) is 6.07 Å². The lowest BCUT2D eigenvalue weighted by atomic mass is 10.1. The molecule has 0 fully saturated rings. The van der Waals surface area contributed by atoms with Crippen LogP contribution in [0.4, 0.5) is 8.78 Å². The molecule has 4 aromatic rings. The van der Waals surface area contributed by atoms with Gasteiger partial charge in [-0.15, -0.1) is 0 Å². The molecule has 0 spiro atoms. The van der Waals surface area contributed by atoms with E-state index in [4.69, 9.17) is 4.74 Å². The Morgan fingerprint density at radius 3 is 2.83 bits per heavy atom. The number of aryl methyl sites for hydroxylation is 1. The summed E-state index contributed by atoms with van der Waals surface area (Å²) in [6, 6.07) is 8.96. The van der Waals surface area contributed by atoms with E-state index in [-0.39, 0.29) is 28.1 Å². The van der Waals surface area contributed by atoms with Crippen molar-refractivity contribution in [2.24, 2.45) is 0 Å². The topological polar surface area (TPSA) is 72.8 Å². The SMILES string of the molecule is Cc1nc(OCc2ccc(F)cc2F)c(Br)c(=O)n1Cc1ccc2[nH]ncc2c1. The second-order valence-electron chi connectivity index (χ2n) is 6.49. The number of aromatic nitrogens is 4. The van der Waals surface area contributed by atoms with Crippen LogP contribution in [0.3, 0.4) is 0 Å². The van der Waals surface area contributed by atoms with Gasteiger partial charge in [0.05, 0.1) is 18.3 Å². The highest BCUT2D eigenvalue weighted by Gasteiger charge is 2.15. The number of rotatable bonds is 5. The molecule has 0 aliphatic rings. The van der Waals surface area contributed by atoms with E-state index in [2.05, 4.69) is 31.1 Å². The zero-order valence-corrected chi connectivity index (χ0v) is 16.8. The third kappa shape index (κ3) is 3.91. The fourth-order valence-electron chi connectivity index (χ4n) is 2.95. The number of fused-ring (bicyclic) bond motifs is 1. The van der Waals surface area contributed by atoms with Crippen LogP contribution in [0.1, 0.15) is 17.0 Å². The quantitative estimate of drug-likeness (QED) is 0.486. The predicted octanol–water partition coefficient (Wildman–Crippen LogP) is 4.10. The molecular weight excluding hydrogens is 446 g/mol. The van der Waals surface area contributed by atoms with Crippen LogP contribution in [0.2, 0.25) is 0 Å². The van der Waals surface area contributed by atoms with E-state index in [1.165, 1.54) is 10.6 Å². The van der Waals surface area contributed by atoms with Crippen molar-refractivity contribution in [1.82, 2.24) is 19.7 Å². The molecule has 0 unspecified atom stereocenters. The highest BCUT2D eigenvalue weighted by Crippen LogP contribution is 2.22. The van der Waals surface area contributed by atoms with Gasteiger partial charge < -0.3 is 4.74 Å². The number of hydrogen-bond donors (Lipinski definition) is 1. The molecule has 9 heteroatoms. The molecule has 2 heterocycles. The molecule has 2 aromatic heterocycles. The fraction of sp³-hybridized carbons (Fsp3) is 0.150. The summed E-state index contributed by atoms with van der Waals surface area (Å²) in [5.41, 5.74) is 1.67. The monoisotopic (exact) mass is 460 g/mol. The molecule has 0 radical (unpaired) electrons. The van der Waals surface area contributed by atoms with Crippen molar-refractivity contribution >= 4 is 26.8 Å². The third-order valence-corrected chi connectivity index (χ3v) is 5.18. The molecule has 0 saturated heterocycles. The van der Waals surface area contributed by atoms with Crippen LogP contribution in [0.25, 0.3) is 10.9 Å². The maximum atomic E-state index is 13.8. The lowest BCUT2D eigenvalue weighted by molar-refractivity contribution is 0.282. The number of halogens is 3. The van der Waals surface area contributed by atoms with Gasteiger partial charge in [0.2, 0.25) is 5.88 Å². The first kappa shape index (κ1) is 19.3. The lowest BCUT2D eigenvalue weighted by Gasteiger charge is -2.14. The second-order valence-corrected chi connectivity index (χ2v) is 7.28. The van der Waals surface area contributed by atoms with Gasteiger partial charge in [0.25, 0.3) is 5.56 Å². The number of ether oxygens (including phenoxy) is 1. The average molecular weight is 461 g/mol. The second kappa shape index (κ2) is 7.75. The summed E-state index contributed by atoms with van der Waals surface area (Å²) < 4.78 is 34.0. The molecular formula is C20H15BrF2N4O2. The minimum Gasteiger partial charge on any atom is -0.472 e. The first-order valence-corrected chi connectivity index (χ1v) is 9.47. The standard InChI is InChI=1S/C20H15BrF2N4O2/c1-11-25-19(29-10-13-3-4-15(22)7-16(13)23)18(21)20(28)27(11)9-12-2-5-17-14(6-12)8-24-26-17/h2-8H,9-10H2,1H3,(H,24,26). The fourth-order valence-corrected chi connectivity index (χ4v) is 3.37. The minimum absolute atomic E-state index is 0.0535. The Morgan fingerprint density at radius 1 is 1.21 bits per heavy atom. The molecule has 6 nitrogen and oxygen atoms in total. The third-order valence-electron chi connectivity index (χ3n) is 4.50. The van der Waals surface area contributed by atoms with E-state index in [0.29, 0.717) is 12.4 Å². The van der Waals surface area contributed by atoms with Crippen LogP contribution >= 0.6 is 15.9 Å². The molecule has 1 N–H and O–H groups in total. The summed E-state index contributed by atoms with van der Waals surface area (Å²) in [5, 5.41) is 7.82. The molecule has 0 aliphatic heterocycles. The summed E-state index contributed by atoms with van der Waals surface area (Å²) >= 11 is 3.23. The molecule has 29 heavy (non-hydrogen) atoms. The maximum Gasteiger partial charge on any atom is 0.272 e. The van der Waals surface area contributed by atoms with E-state index in [1.54, 1.807) is 13.1 Å². The number of nitrogens with zero attached hydrogens (tertiary/aromatic N) is 3. The Morgan fingerprint density at radius 2 is 2.03 bits per heavy atom. The minimum atomic E-state index is -0.721. The highest BCUT2D eigenvalue weighted by molar-refractivity contribution is 9.10. The molecule has 4 rings (SSSR count). The van der Waals surface area contributed by atoms with E-state index >= 15 is 0 Å². The first-order valence-electron chi connectivity index (χ1n) is 8.68. The first-order chi connectivity index (χ1) is 13.9. The Balaban J connectivity index is 1.59. The number of H-pyrrole nitrogens is 1. The Kier molecular flexibility index (Phi) is 5.14. The van der Waals surface area contributed by atoms with Crippen LogP contribution in [0.15, 0.2) is 51.9 Å². The molecule has 0 saturated carbocycles. The van der Waals surface area contributed by atoms with E-state index in [0.717, 1.165) is 28.6 Å².